The number of phenols is 1. The number of carbonyl (C=O) groups excluding carboxylic acids is 1. The first-order valence-corrected chi connectivity index (χ1v) is 9.14. The van der Waals surface area contributed by atoms with E-state index in [-0.39, 0.29) is 11.7 Å². The van der Waals surface area contributed by atoms with E-state index >= 15 is 0 Å². The third kappa shape index (κ3) is 4.90. The molecule has 144 valence electrons. The Balaban J connectivity index is 1.53. The Morgan fingerprint density at radius 1 is 1.21 bits per heavy atom. The number of benzene rings is 2. The van der Waals surface area contributed by atoms with Gasteiger partial charge in [0.1, 0.15) is 0 Å². The van der Waals surface area contributed by atoms with Crippen LogP contribution < -0.4 is 4.74 Å². The normalized spacial score (nSPS) is 14.8. The van der Waals surface area contributed by atoms with Crippen molar-refractivity contribution in [3.8, 4) is 17.6 Å². The second-order valence-electron chi connectivity index (χ2n) is 6.68. The molecule has 0 bridgehead atoms. The van der Waals surface area contributed by atoms with Crippen molar-refractivity contribution in [3.05, 3.63) is 65.2 Å². The number of hydrogen-bond donors (Lipinski definition) is 1. The molecular formula is C22H23N3O3. The highest BCUT2D eigenvalue weighted by Gasteiger charge is 2.19. The molecule has 6 heteroatoms. The maximum Gasteiger partial charge on any atom is 0.246 e. The van der Waals surface area contributed by atoms with E-state index in [2.05, 4.69) is 11.0 Å². The molecule has 0 aromatic heterocycles. The van der Waals surface area contributed by atoms with Crippen LogP contribution in [0.5, 0.6) is 11.5 Å². The van der Waals surface area contributed by atoms with Gasteiger partial charge in [0.2, 0.25) is 5.91 Å². The average molecular weight is 377 g/mol. The van der Waals surface area contributed by atoms with Crippen molar-refractivity contribution in [1.29, 1.82) is 5.26 Å². The summed E-state index contributed by atoms with van der Waals surface area (Å²) in [5, 5.41) is 18.6. The average Bonchev–Trinajstić information content (AvgIpc) is 2.73. The first-order chi connectivity index (χ1) is 13.6. The van der Waals surface area contributed by atoms with E-state index in [1.807, 2.05) is 23.1 Å². The van der Waals surface area contributed by atoms with Crippen LogP contribution in [-0.4, -0.2) is 54.1 Å². The summed E-state index contributed by atoms with van der Waals surface area (Å²) < 4.78 is 5.08. The molecule has 1 amide bonds. The summed E-state index contributed by atoms with van der Waals surface area (Å²) in [5.41, 5.74) is 2.57. The van der Waals surface area contributed by atoms with Crippen molar-refractivity contribution < 1.29 is 14.6 Å². The number of methoxy groups -OCH3 is 1. The molecule has 6 nitrogen and oxygen atoms in total. The lowest BCUT2D eigenvalue weighted by Gasteiger charge is -2.34. The molecular weight excluding hydrogens is 354 g/mol. The maximum atomic E-state index is 12.4. The van der Waals surface area contributed by atoms with E-state index in [1.165, 1.54) is 7.11 Å². The number of piperazine rings is 1. The van der Waals surface area contributed by atoms with Crippen molar-refractivity contribution in [1.82, 2.24) is 9.80 Å². The van der Waals surface area contributed by atoms with Crippen LogP contribution in [0.25, 0.3) is 6.08 Å². The molecule has 1 aliphatic rings. The van der Waals surface area contributed by atoms with Gasteiger partial charge in [-0.05, 0) is 41.5 Å². The van der Waals surface area contributed by atoms with Crippen molar-refractivity contribution in [2.24, 2.45) is 0 Å². The molecule has 0 radical (unpaired) electrons. The molecule has 1 aliphatic heterocycles. The zero-order chi connectivity index (χ0) is 19.9. The number of nitrogens with zero attached hydrogens (tertiary/aromatic N) is 3. The summed E-state index contributed by atoms with van der Waals surface area (Å²) in [5.74, 6) is 0.421. The van der Waals surface area contributed by atoms with Gasteiger partial charge in [-0.3, -0.25) is 9.69 Å². The number of aromatic hydroxyl groups is 1. The number of hydrogen-bond acceptors (Lipinski definition) is 5. The van der Waals surface area contributed by atoms with Crippen LogP contribution in [0.4, 0.5) is 0 Å². The summed E-state index contributed by atoms with van der Waals surface area (Å²) in [6.07, 6.45) is 3.28. The summed E-state index contributed by atoms with van der Waals surface area (Å²) in [4.78, 5) is 16.6. The highest BCUT2D eigenvalue weighted by Crippen LogP contribution is 2.26. The molecule has 0 saturated carbocycles. The highest BCUT2D eigenvalue weighted by molar-refractivity contribution is 5.92. The van der Waals surface area contributed by atoms with Gasteiger partial charge in [-0.2, -0.15) is 5.26 Å². The second kappa shape index (κ2) is 9.07. The highest BCUT2D eigenvalue weighted by atomic mass is 16.5. The maximum absolute atomic E-state index is 12.4. The van der Waals surface area contributed by atoms with E-state index < -0.39 is 0 Å². The number of phenolic OH excluding ortho intramolecular Hbond substituents is 1. The Bertz CT molecular complexity index is 909. The fourth-order valence-electron chi connectivity index (χ4n) is 3.19. The minimum Gasteiger partial charge on any atom is -0.504 e. The Labute approximate surface area is 164 Å². The van der Waals surface area contributed by atoms with Crippen LogP contribution in [0.15, 0.2) is 48.5 Å². The summed E-state index contributed by atoms with van der Waals surface area (Å²) >= 11 is 0. The summed E-state index contributed by atoms with van der Waals surface area (Å²) in [6.45, 7) is 3.70. The van der Waals surface area contributed by atoms with Gasteiger partial charge in [0, 0.05) is 38.8 Å². The third-order valence-electron chi connectivity index (χ3n) is 4.77. The smallest absolute Gasteiger partial charge is 0.246 e. The van der Waals surface area contributed by atoms with Crippen LogP contribution >= 0.6 is 0 Å². The van der Waals surface area contributed by atoms with E-state index in [0.717, 1.165) is 30.8 Å². The quantitative estimate of drug-likeness (QED) is 0.811. The SMILES string of the molecule is COc1cc(/C=C/C(=O)N2CCN(Cc3cccc(C#N)c3)CC2)ccc1O. The lowest BCUT2D eigenvalue weighted by Crippen LogP contribution is -2.47. The number of nitriles is 1. The second-order valence-corrected chi connectivity index (χ2v) is 6.68. The first-order valence-electron chi connectivity index (χ1n) is 9.14. The molecule has 2 aromatic rings. The van der Waals surface area contributed by atoms with E-state index in [4.69, 9.17) is 10.00 Å². The minimum atomic E-state index is -0.0295. The Hall–Kier alpha value is -3.30. The fourth-order valence-corrected chi connectivity index (χ4v) is 3.19. The van der Waals surface area contributed by atoms with Gasteiger partial charge < -0.3 is 14.7 Å². The van der Waals surface area contributed by atoms with Crippen molar-refractivity contribution >= 4 is 12.0 Å². The molecule has 3 rings (SSSR count). The summed E-state index contributed by atoms with van der Waals surface area (Å²) in [6, 6.07) is 14.8. The Morgan fingerprint density at radius 2 is 2.00 bits per heavy atom. The minimum absolute atomic E-state index is 0.0295. The Kier molecular flexibility index (Phi) is 6.30. The molecule has 0 unspecified atom stereocenters. The summed E-state index contributed by atoms with van der Waals surface area (Å²) in [7, 11) is 1.49. The number of amides is 1. The van der Waals surface area contributed by atoms with Crippen LogP contribution in [0, 0.1) is 11.3 Å². The molecule has 28 heavy (non-hydrogen) atoms. The predicted octanol–water partition coefficient (Wildman–Crippen LogP) is 2.63. The van der Waals surface area contributed by atoms with Crippen LogP contribution in [0.3, 0.4) is 0 Å². The third-order valence-corrected chi connectivity index (χ3v) is 4.77. The molecule has 1 N–H and O–H groups in total. The van der Waals surface area contributed by atoms with Crippen molar-refractivity contribution in [2.75, 3.05) is 33.3 Å². The van der Waals surface area contributed by atoms with E-state index in [9.17, 15) is 9.90 Å². The zero-order valence-electron chi connectivity index (χ0n) is 15.8. The Morgan fingerprint density at radius 3 is 2.71 bits per heavy atom. The topological polar surface area (TPSA) is 76.8 Å². The molecule has 0 aliphatic carbocycles. The number of rotatable bonds is 5. The van der Waals surface area contributed by atoms with Crippen LogP contribution in [0.1, 0.15) is 16.7 Å². The number of ether oxygens (including phenoxy) is 1. The standard InChI is InChI=1S/C22H23N3O3/c1-28-21-14-17(5-7-20(21)26)6-8-22(27)25-11-9-24(10-12-25)16-19-4-2-3-18(13-19)15-23/h2-8,13-14,26H,9-12,16H2,1H3/b8-6+. The van der Waals surface area contributed by atoms with Gasteiger partial charge in [-0.15, -0.1) is 0 Å². The predicted molar refractivity (Wildman–Crippen MR) is 107 cm³/mol. The van der Waals surface area contributed by atoms with Gasteiger partial charge in [0.15, 0.2) is 11.5 Å². The molecule has 1 fully saturated rings. The van der Waals surface area contributed by atoms with Gasteiger partial charge in [-0.25, -0.2) is 0 Å². The van der Waals surface area contributed by atoms with E-state index in [1.54, 1.807) is 36.4 Å². The fraction of sp³-hybridized carbons (Fsp3) is 0.273. The first kappa shape index (κ1) is 19.5. The van der Waals surface area contributed by atoms with Gasteiger partial charge in [0.25, 0.3) is 0 Å². The van der Waals surface area contributed by atoms with Crippen LogP contribution in [0.2, 0.25) is 0 Å². The van der Waals surface area contributed by atoms with Gasteiger partial charge in [-0.1, -0.05) is 18.2 Å². The molecule has 1 heterocycles. The molecule has 1 saturated heterocycles. The molecule has 2 aromatic carbocycles. The van der Waals surface area contributed by atoms with Crippen molar-refractivity contribution in [2.45, 2.75) is 6.54 Å². The van der Waals surface area contributed by atoms with Crippen molar-refractivity contribution in [3.63, 3.8) is 0 Å². The zero-order valence-corrected chi connectivity index (χ0v) is 15.8. The van der Waals surface area contributed by atoms with Crippen LogP contribution in [-0.2, 0) is 11.3 Å². The molecule has 0 atom stereocenters. The largest absolute Gasteiger partial charge is 0.504 e. The lowest BCUT2D eigenvalue weighted by molar-refractivity contribution is -0.127. The van der Waals surface area contributed by atoms with Gasteiger partial charge in [0.05, 0.1) is 18.7 Å². The molecule has 0 spiro atoms. The lowest BCUT2D eigenvalue weighted by atomic mass is 10.1. The number of carbonyl (C=O) groups is 1. The van der Waals surface area contributed by atoms with Gasteiger partial charge >= 0.3 is 0 Å². The monoisotopic (exact) mass is 377 g/mol. The van der Waals surface area contributed by atoms with E-state index in [0.29, 0.717) is 24.4 Å².